The molecule has 1 saturated heterocycles. The molecular formula is C14H18N6OS. The lowest BCUT2D eigenvalue weighted by Crippen LogP contribution is -2.49. The molecule has 1 amide bonds. The van der Waals surface area contributed by atoms with E-state index >= 15 is 0 Å². The van der Waals surface area contributed by atoms with Gasteiger partial charge < -0.3 is 15.1 Å². The second-order valence-electron chi connectivity index (χ2n) is 5.05. The molecule has 1 N–H and O–H groups in total. The molecule has 0 bridgehead atoms. The highest BCUT2D eigenvalue weighted by Gasteiger charge is 2.27. The van der Waals surface area contributed by atoms with Crippen LogP contribution in [-0.2, 0) is 0 Å². The predicted molar refractivity (Wildman–Crippen MR) is 86.5 cm³/mol. The molecule has 7 nitrogen and oxygen atoms in total. The summed E-state index contributed by atoms with van der Waals surface area (Å²) in [4.78, 5) is 25.2. The zero-order valence-corrected chi connectivity index (χ0v) is 13.4. The van der Waals surface area contributed by atoms with Crippen LogP contribution in [0, 0.1) is 6.92 Å². The van der Waals surface area contributed by atoms with Crippen molar-refractivity contribution < 1.29 is 4.79 Å². The van der Waals surface area contributed by atoms with Crippen molar-refractivity contribution in [1.82, 2.24) is 19.2 Å². The van der Waals surface area contributed by atoms with Crippen LogP contribution in [0.4, 0.5) is 10.9 Å². The molecule has 116 valence electrons. The molecule has 1 aliphatic rings. The Kier molecular flexibility index (Phi) is 4.19. The highest BCUT2D eigenvalue weighted by atomic mass is 32.1. The second-order valence-corrected chi connectivity index (χ2v) is 5.82. The zero-order valence-electron chi connectivity index (χ0n) is 12.6. The smallest absolute Gasteiger partial charge is 0.258 e. The Balaban J connectivity index is 1.69. The number of rotatable bonds is 3. The summed E-state index contributed by atoms with van der Waals surface area (Å²) in [6, 6.07) is 1.80. The van der Waals surface area contributed by atoms with Crippen LogP contribution in [0.25, 0.3) is 0 Å². The van der Waals surface area contributed by atoms with Gasteiger partial charge in [0.1, 0.15) is 5.00 Å². The zero-order chi connectivity index (χ0) is 15.5. The van der Waals surface area contributed by atoms with Crippen LogP contribution in [0.3, 0.4) is 0 Å². The topological polar surface area (TPSA) is 74.2 Å². The van der Waals surface area contributed by atoms with Crippen molar-refractivity contribution in [3.63, 3.8) is 0 Å². The van der Waals surface area contributed by atoms with Crippen molar-refractivity contribution in [2.45, 2.75) is 6.92 Å². The summed E-state index contributed by atoms with van der Waals surface area (Å²) in [6.45, 7) is 4.67. The van der Waals surface area contributed by atoms with E-state index in [-0.39, 0.29) is 5.91 Å². The minimum atomic E-state index is 0.0456. The summed E-state index contributed by atoms with van der Waals surface area (Å²) in [5, 5.41) is 3.88. The van der Waals surface area contributed by atoms with Gasteiger partial charge in [-0.2, -0.15) is 4.37 Å². The first-order valence-corrected chi connectivity index (χ1v) is 7.93. The van der Waals surface area contributed by atoms with E-state index in [1.807, 2.05) is 18.9 Å². The molecule has 2 aromatic rings. The molecule has 0 radical (unpaired) electrons. The molecule has 3 heterocycles. The molecule has 2 aromatic heterocycles. The molecule has 1 aliphatic heterocycles. The fraction of sp³-hybridized carbons (Fsp3) is 0.429. The minimum Gasteiger partial charge on any atom is -0.378 e. The molecule has 1 fully saturated rings. The second kappa shape index (κ2) is 6.27. The van der Waals surface area contributed by atoms with Gasteiger partial charge in [0.2, 0.25) is 5.95 Å². The van der Waals surface area contributed by atoms with Crippen LogP contribution in [0.15, 0.2) is 18.5 Å². The first-order valence-electron chi connectivity index (χ1n) is 7.16. The number of carbonyl (C=O) groups excluding carboxylic acids is 1. The maximum atomic E-state index is 12.7. The fourth-order valence-electron chi connectivity index (χ4n) is 2.51. The third kappa shape index (κ3) is 2.74. The molecule has 3 rings (SSSR count). The van der Waals surface area contributed by atoms with E-state index in [1.54, 1.807) is 18.5 Å². The molecule has 0 atom stereocenters. The van der Waals surface area contributed by atoms with E-state index in [0.29, 0.717) is 18.7 Å². The number of nitrogens with zero attached hydrogens (tertiary/aromatic N) is 5. The lowest BCUT2D eigenvalue weighted by atomic mass is 10.2. The van der Waals surface area contributed by atoms with E-state index < -0.39 is 0 Å². The van der Waals surface area contributed by atoms with Crippen LogP contribution in [0.2, 0.25) is 0 Å². The van der Waals surface area contributed by atoms with Gasteiger partial charge in [0.15, 0.2) is 0 Å². The van der Waals surface area contributed by atoms with E-state index in [4.69, 9.17) is 0 Å². The molecule has 0 unspecified atom stereocenters. The SMILES string of the molecule is CNc1snc(C)c1C(=O)N1CCN(c2ncccn2)CC1. The lowest BCUT2D eigenvalue weighted by Gasteiger charge is -2.34. The molecule has 0 aromatic carbocycles. The van der Waals surface area contributed by atoms with Crippen molar-refractivity contribution in [2.75, 3.05) is 43.4 Å². The van der Waals surface area contributed by atoms with Gasteiger partial charge in [0.25, 0.3) is 5.91 Å². The van der Waals surface area contributed by atoms with Crippen LogP contribution in [0.1, 0.15) is 16.1 Å². The predicted octanol–water partition coefficient (Wildman–Crippen LogP) is 1.25. The molecule has 22 heavy (non-hydrogen) atoms. The van der Waals surface area contributed by atoms with Crippen LogP contribution >= 0.6 is 11.5 Å². The van der Waals surface area contributed by atoms with Crippen molar-refractivity contribution in [1.29, 1.82) is 0 Å². The average molecular weight is 318 g/mol. The summed E-state index contributed by atoms with van der Waals surface area (Å²) in [5.41, 5.74) is 1.48. The number of carbonyl (C=O) groups is 1. The highest BCUT2D eigenvalue weighted by molar-refractivity contribution is 7.10. The largest absolute Gasteiger partial charge is 0.378 e. The Labute approximate surface area is 133 Å². The van der Waals surface area contributed by atoms with Gasteiger partial charge in [-0.3, -0.25) is 4.79 Å². The van der Waals surface area contributed by atoms with Gasteiger partial charge in [-0.25, -0.2) is 9.97 Å². The summed E-state index contributed by atoms with van der Waals surface area (Å²) in [7, 11) is 1.81. The van der Waals surface area contributed by atoms with Gasteiger partial charge in [0.05, 0.1) is 11.3 Å². The monoisotopic (exact) mass is 318 g/mol. The normalized spacial score (nSPS) is 15.0. The lowest BCUT2D eigenvalue weighted by molar-refractivity contribution is 0.0746. The Morgan fingerprint density at radius 3 is 2.55 bits per heavy atom. The Bertz CT molecular complexity index is 651. The fourth-order valence-corrected chi connectivity index (χ4v) is 3.25. The third-order valence-electron chi connectivity index (χ3n) is 3.71. The van der Waals surface area contributed by atoms with E-state index in [1.165, 1.54) is 11.5 Å². The van der Waals surface area contributed by atoms with E-state index in [9.17, 15) is 4.79 Å². The van der Waals surface area contributed by atoms with Gasteiger partial charge in [-0.05, 0) is 24.5 Å². The molecule has 0 aliphatic carbocycles. The number of anilines is 2. The van der Waals surface area contributed by atoms with Crippen LogP contribution in [-0.4, -0.2) is 58.4 Å². The number of piperazine rings is 1. The first-order chi connectivity index (χ1) is 10.7. The Hall–Kier alpha value is -2.22. The number of hydrogen-bond donors (Lipinski definition) is 1. The number of nitrogens with one attached hydrogen (secondary N) is 1. The van der Waals surface area contributed by atoms with Gasteiger partial charge >= 0.3 is 0 Å². The maximum Gasteiger partial charge on any atom is 0.258 e. The van der Waals surface area contributed by atoms with Crippen molar-refractivity contribution in [2.24, 2.45) is 0 Å². The standard InChI is InChI=1S/C14H18N6OS/c1-10-11(12(15-2)22-18-10)13(21)19-6-8-20(9-7-19)14-16-4-3-5-17-14/h3-5,15H,6-9H2,1-2H3. The summed E-state index contributed by atoms with van der Waals surface area (Å²) in [5.74, 6) is 0.767. The third-order valence-corrected chi connectivity index (χ3v) is 4.66. The Morgan fingerprint density at radius 1 is 1.23 bits per heavy atom. The molecule has 0 saturated carbocycles. The van der Waals surface area contributed by atoms with Gasteiger partial charge in [0, 0.05) is 45.6 Å². The summed E-state index contributed by atoms with van der Waals surface area (Å²) in [6.07, 6.45) is 3.47. The summed E-state index contributed by atoms with van der Waals surface area (Å²) < 4.78 is 4.27. The van der Waals surface area contributed by atoms with Crippen LogP contribution in [0.5, 0.6) is 0 Å². The van der Waals surface area contributed by atoms with Crippen LogP contribution < -0.4 is 10.2 Å². The average Bonchev–Trinajstić information content (AvgIpc) is 2.96. The number of aromatic nitrogens is 3. The van der Waals surface area contributed by atoms with Crippen molar-refractivity contribution in [3.05, 3.63) is 29.7 Å². The maximum absolute atomic E-state index is 12.7. The van der Waals surface area contributed by atoms with E-state index in [2.05, 4.69) is 24.6 Å². The quantitative estimate of drug-likeness (QED) is 0.918. The molecular weight excluding hydrogens is 300 g/mol. The number of aryl methyl sites for hydroxylation is 1. The molecule has 8 heteroatoms. The number of amides is 1. The highest BCUT2D eigenvalue weighted by Crippen LogP contribution is 2.26. The summed E-state index contributed by atoms with van der Waals surface area (Å²) >= 11 is 1.33. The van der Waals surface area contributed by atoms with E-state index in [0.717, 1.165) is 29.7 Å². The van der Waals surface area contributed by atoms with Gasteiger partial charge in [-0.15, -0.1) is 0 Å². The first kappa shape index (κ1) is 14.7. The minimum absolute atomic E-state index is 0.0456. The van der Waals surface area contributed by atoms with Crippen molar-refractivity contribution >= 4 is 28.4 Å². The van der Waals surface area contributed by atoms with Crippen molar-refractivity contribution in [3.8, 4) is 0 Å². The van der Waals surface area contributed by atoms with Gasteiger partial charge in [-0.1, -0.05) is 0 Å². The Morgan fingerprint density at radius 2 is 1.91 bits per heavy atom. The molecule has 0 spiro atoms. The number of hydrogen-bond acceptors (Lipinski definition) is 7.